The van der Waals surface area contributed by atoms with Gasteiger partial charge in [-0.25, -0.2) is 9.07 Å². The number of carbonyl (C=O) groups excluding carboxylic acids is 1. The monoisotopic (exact) mass is 478 g/mol. The Kier molecular flexibility index (Phi) is 6.81. The van der Waals surface area contributed by atoms with Crippen LogP contribution in [0, 0.1) is 11.7 Å². The fourth-order valence-electron chi connectivity index (χ4n) is 5.38. The number of nitrogens with zero attached hydrogens (tertiary/aromatic N) is 4. The minimum absolute atomic E-state index is 0.0194. The van der Waals surface area contributed by atoms with Gasteiger partial charge in [-0.15, -0.1) is 5.10 Å². The van der Waals surface area contributed by atoms with Crippen LogP contribution in [0.5, 0.6) is 5.75 Å². The highest BCUT2D eigenvalue weighted by Crippen LogP contribution is 2.39. The minimum Gasteiger partial charge on any atom is -0.497 e. The van der Waals surface area contributed by atoms with Gasteiger partial charge in [0.25, 0.3) is 0 Å². The highest BCUT2D eigenvalue weighted by molar-refractivity contribution is 5.79. The Morgan fingerprint density at radius 2 is 1.77 bits per heavy atom. The van der Waals surface area contributed by atoms with Gasteiger partial charge in [-0.2, -0.15) is 0 Å². The summed E-state index contributed by atoms with van der Waals surface area (Å²) >= 11 is 0. The van der Waals surface area contributed by atoms with Crippen LogP contribution in [0.4, 0.5) is 4.39 Å². The van der Waals surface area contributed by atoms with Crippen molar-refractivity contribution < 1.29 is 19.0 Å². The van der Waals surface area contributed by atoms with Gasteiger partial charge in [0, 0.05) is 24.4 Å². The number of carbonyl (C=O) groups is 1. The topological polar surface area (TPSA) is 80.5 Å². The van der Waals surface area contributed by atoms with Crippen molar-refractivity contribution in [3.8, 4) is 17.0 Å². The van der Waals surface area contributed by atoms with Gasteiger partial charge >= 0.3 is 0 Å². The van der Waals surface area contributed by atoms with Crippen molar-refractivity contribution in [2.24, 2.45) is 5.92 Å². The standard InChI is InChI=1S/C27H31FN4O3/c1-35-22-13-9-19(10-14-22)24-15-26(33)25(17-31(24)27(34)20-5-3-2-4-6-20)32-16-23(29-30-32)18-7-11-21(28)12-8-18/h7-14,16,20,24-26,33H,2-6,15,17H2,1H3/t24-,25-,26-/m1/s1. The number of hydrogen-bond acceptors (Lipinski definition) is 5. The van der Waals surface area contributed by atoms with E-state index in [1.54, 1.807) is 30.1 Å². The number of hydrogen-bond donors (Lipinski definition) is 1. The molecule has 5 rings (SSSR count). The Hall–Kier alpha value is -3.26. The number of benzene rings is 2. The third-order valence-corrected chi connectivity index (χ3v) is 7.40. The number of amides is 1. The van der Waals surface area contributed by atoms with Crippen LogP contribution in [0.25, 0.3) is 11.3 Å². The van der Waals surface area contributed by atoms with E-state index in [1.165, 1.54) is 18.6 Å². The van der Waals surface area contributed by atoms with E-state index in [1.807, 2.05) is 29.2 Å². The lowest BCUT2D eigenvalue weighted by molar-refractivity contribution is -0.144. The zero-order chi connectivity index (χ0) is 24.4. The molecule has 3 aromatic rings. The lowest BCUT2D eigenvalue weighted by atomic mass is 9.85. The van der Waals surface area contributed by atoms with Gasteiger partial charge in [0.1, 0.15) is 17.3 Å². The van der Waals surface area contributed by atoms with Crippen molar-refractivity contribution in [1.29, 1.82) is 0 Å². The number of ether oxygens (including phenoxy) is 1. The van der Waals surface area contributed by atoms with Crippen LogP contribution >= 0.6 is 0 Å². The van der Waals surface area contributed by atoms with Gasteiger partial charge in [-0.05, 0) is 54.8 Å². The zero-order valence-corrected chi connectivity index (χ0v) is 19.9. The van der Waals surface area contributed by atoms with E-state index >= 15 is 0 Å². The van der Waals surface area contributed by atoms with Gasteiger partial charge in [-0.3, -0.25) is 4.79 Å². The molecule has 0 bridgehead atoms. The lowest BCUT2D eigenvalue weighted by Gasteiger charge is -2.44. The van der Waals surface area contributed by atoms with Crippen molar-refractivity contribution in [2.45, 2.75) is 56.7 Å². The van der Waals surface area contributed by atoms with Crippen molar-refractivity contribution in [3.05, 3.63) is 66.1 Å². The summed E-state index contributed by atoms with van der Waals surface area (Å²) in [5.41, 5.74) is 2.33. The average molecular weight is 479 g/mol. The average Bonchev–Trinajstić information content (AvgIpc) is 3.39. The summed E-state index contributed by atoms with van der Waals surface area (Å²) < 4.78 is 20.3. The van der Waals surface area contributed by atoms with Crippen LogP contribution in [0.1, 0.15) is 56.2 Å². The molecule has 1 amide bonds. The molecule has 1 saturated carbocycles. The number of methoxy groups -OCH3 is 1. The van der Waals surface area contributed by atoms with Gasteiger partial charge in [0.15, 0.2) is 0 Å². The first kappa shape index (κ1) is 23.5. The maximum atomic E-state index is 13.7. The second-order valence-corrected chi connectivity index (χ2v) is 9.58. The van der Waals surface area contributed by atoms with Crippen molar-refractivity contribution in [1.82, 2.24) is 19.9 Å². The molecule has 0 spiro atoms. The van der Waals surface area contributed by atoms with E-state index in [0.717, 1.165) is 42.6 Å². The number of rotatable bonds is 5. The largest absolute Gasteiger partial charge is 0.497 e. The first-order valence-electron chi connectivity index (χ1n) is 12.3. The molecule has 2 aliphatic rings. The molecule has 8 heteroatoms. The molecule has 1 N–H and O–H groups in total. The van der Waals surface area contributed by atoms with E-state index in [-0.39, 0.29) is 23.7 Å². The van der Waals surface area contributed by atoms with Gasteiger partial charge < -0.3 is 14.7 Å². The SMILES string of the molecule is COc1ccc([C@H]2C[C@@H](O)[C@H](n3cc(-c4ccc(F)cc4)nn3)CN2C(=O)C2CCCCC2)cc1. The number of halogens is 1. The van der Waals surface area contributed by atoms with Gasteiger partial charge in [-0.1, -0.05) is 36.6 Å². The van der Waals surface area contributed by atoms with Gasteiger partial charge in [0.2, 0.25) is 5.91 Å². The van der Waals surface area contributed by atoms with Crippen LogP contribution < -0.4 is 4.74 Å². The third kappa shape index (κ3) is 4.93. The predicted molar refractivity (Wildman–Crippen MR) is 129 cm³/mol. The molecule has 2 fully saturated rings. The molecule has 2 heterocycles. The summed E-state index contributed by atoms with van der Waals surface area (Å²) in [5.74, 6) is 0.613. The molecule has 35 heavy (non-hydrogen) atoms. The highest BCUT2D eigenvalue weighted by atomic mass is 19.1. The third-order valence-electron chi connectivity index (χ3n) is 7.40. The molecule has 184 valence electrons. The number of piperidine rings is 1. The molecule has 1 saturated heterocycles. The van der Waals surface area contributed by atoms with Crippen LogP contribution in [0.3, 0.4) is 0 Å². The quantitative estimate of drug-likeness (QED) is 0.582. The second-order valence-electron chi connectivity index (χ2n) is 9.58. The number of aliphatic hydroxyl groups is 1. The molecule has 2 aromatic carbocycles. The summed E-state index contributed by atoms with van der Waals surface area (Å²) in [4.78, 5) is 15.7. The molecule has 1 aromatic heterocycles. The first-order chi connectivity index (χ1) is 17.0. The summed E-state index contributed by atoms with van der Waals surface area (Å²) in [7, 11) is 1.63. The number of likely N-dealkylation sites (tertiary alicyclic amines) is 1. The van der Waals surface area contributed by atoms with Crippen LogP contribution in [0.15, 0.2) is 54.7 Å². The van der Waals surface area contributed by atoms with Gasteiger partial charge in [0.05, 0.1) is 31.5 Å². The van der Waals surface area contributed by atoms with E-state index in [9.17, 15) is 14.3 Å². The van der Waals surface area contributed by atoms with Crippen molar-refractivity contribution in [3.63, 3.8) is 0 Å². The summed E-state index contributed by atoms with van der Waals surface area (Å²) in [5, 5.41) is 19.7. The van der Waals surface area contributed by atoms with Crippen LogP contribution in [-0.2, 0) is 4.79 Å². The van der Waals surface area contributed by atoms with E-state index < -0.39 is 12.1 Å². The molecule has 0 unspecified atom stereocenters. The Balaban J connectivity index is 1.43. The molecule has 0 radical (unpaired) electrons. The Morgan fingerprint density at radius 1 is 1.06 bits per heavy atom. The smallest absolute Gasteiger partial charge is 0.226 e. The van der Waals surface area contributed by atoms with E-state index in [4.69, 9.17) is 4.74 Å². The maximum absolute atomic E-state index is 13.7. The molecular formula is C27H31FN4O3. The van der Waals surface area contributed by atoms with E-state index in [2.05, 4.69) is 10.3 Å². The molecule has 7 nitrogen and oxygen atoms in total. The lowest BCUT2D eigenvalue weighted by Crippen LogP contribution is -2.50. The zero-order valence-electron chi connectivity index (χ0n) is 19.9. The molecule has 1 aliphatic carbocycles. The van der Waals surface area contributed by atoms with Crippen LogP contribution in [-0.4, -0.2) is 50.7 Å². The summed E-state index contributed by atoms with van der Waals surface area (Å²) in [6.07, 6.45) is 6.62. The highest BCUT2D eigenvalue weighted by Gasteiger charge is 2.41. The normalized spacial score (nSPS) is 23.3. The predicted octanol–water partition coefficient (Wildman–Crippen LogP) is 4.55. The maximum Gasteiger partial charge on any atom is 0.226 e. The first-order valence-corrected chi connectivity index (χ1v) is 12.3. The fourth-order valence-corrected chi connectivity index (χ4v) is 5.38. The minimum atomic E-state index is -0.708. The summed E-state index contributed by atoms with van der Waals surface area (Å²) in [6.45, 7) is 0.347. The fraction of sp³-hybridized carbons (Fsp3) is 0.444. The summed E-state index contributed by atoms with van der Waals surface area (Å²) in [6, 6.07) is 13.2. The second kappa shape index (κ2) is 10.2. The Labute approximate surface area is 204 Å². The van der Waals surface area contributed by atoms with Crippen LogP contribution in [0.2, 0.25) is 0 Å². The van der Waals surface area contributed by atoms with E-state index in [0.29, 0.717) is 18.7 Å². The Morgan fingerprint density at radius 3 is 2.46 bits per heavy atom. The molecular weight excluding hydrogens is 447 g/mol. The van der Waals surface area contributed by atoms with Crippen molar-refractivity contribution >= 4 is 5.91 Å². The number of aliphatic hydroxyl groups excluding tert-OH is 1. The molecule has 1 aliphatic heterocycles. The number of aromatic nitrogens is 3. The molecule has 3 atom stereocenters. The Bertz CT molecular complexity index is 1140. The van der Waals surface area contributed by atoms with Crippen molar-refractivity contribution in [2.75, 3.05) is 13.7 Å².